The Morgan fingerprint density at radius 1 is 1.32 bits per heavy atom. The second kappa shape index (κ2) is 7.41. The molecule has 1 fully saturated rings. The van der Waals surface area contributed by atoms with Crippen molar-refractivity contribution in [1.29, 1.82) is 0 Å². The molecule has 0 bridgehead atoms. The van der Waals surface area contributed by atoms with E-state index < -0.39 is 0 Å². The Balaban J connectivity index is 1.89. The molecule has 19 heavy (non-hydrogen) atoms. The van der Waals surface area contributed by atoms with Crippen molar-refractivity contribution in [2.45, 2.75) is 44.7 Å². The third-order valence-electron chi connectivity index (χ3n) is 4.19. The van der Waals surface area contributed by atoms with Gasteiger partial charge in [0.1, 0.15) is 0 Å². The van der Waals surface area contributed by atoms with E-state index in [1.54, 1.807) is 0 Å². The lowest BCUT2D eigenvalue weighted by molar-refractivity contribution is 0.153. The van der Waals surface area contributed by atoms with Gasteiger partial charge in [-0.1, -0.05) is 41.4 Å². The average Bonchev–Trinajstić information content (AvgIpc) is 2.33. The fourth-order valence-electron chi connectivity index (χ4n) is 2.67. The molecule has 1 aromatic carbocycles. The van der Waals surface area contributed by atoms with Crippen molar-refractivity contribution in [3.8, 4) is 0 Å². The number of nitrogens with one attached hydrogen (secondary N) is 1. The Kier molecular flexibility index (Phi) is 5.86. The summed E-state index contributed by atoms with van der Waals surface area (Å²) in [4.78, 5) is 2.53. The van der Waals surface area contributed by atoms with Crippen molar-refractivity contribution in [2.75, 3.05) is 20.1 Å². The first-order valence-corrected chi connectivity index (χ1v) is 8.19. The number of hydrogen-bond donors (Lipinski definition) is 1. The number of benzene rings is 1. The quantitative estimate of drug-likeness (QED) is 0.816. The summed E-state index contributed by atoms with van der Waals surface area (Å²) in [6.07, 6.45) is 5.38. The van der Waals surface area contributed by atoms with Gasteiger partial charge in [0.2, 0.25) is 0 Å². The minimum absolute atomic E-state index is 0.473. The van der Waals surface area contributed by atoms with Crippen molar-refractivity contribution < 1.29 is 0 Å². The van der Waals surface area contributed by atoms with Crippen LogP contribution in [0.1, 0.15) is 44.2 Å². The molecule has 0 radical (unpaired) electrons. The predicted molar refractivity (Wildman–Crippen MR) is 85.4 cm³/mol. The SMILES string of the molecule is CCNC(CCN(C)C1CCC1)c1ccc(Br)cc1. The zero-order chi connectivity index (χ0) is 13.7. The molecule has 0 spiro atoms. The van der Waals surface area contributed by atoms with Gasteiger partial charge in [0, 0.05) is 16.6 Å². The molecule has 1 N–H and O–H groups in total. The van der Waals surface area contributed by atoms with E-state index in [9.17, 15) is 0 Å². The topological polar surface area (TPSA) is 15.3 Å². The largest absolute Gasteiger partial charge is 0.310 e. The Labute approximate surface area is 125 Å². The molecule has 3 heteroatoms. The van der Waals surface area contributed by atoms with Gasteiger partial charge in [-0.25, -0.2) is 0 Å². The van der Waals surface area contributed by atoms with E-state index in [0.29, 0.717) is 6.04 Å². The highest BCUT2D eigenvalue weighted by atomic mass is 79.9. The Morgan fingerprint density at radius 3 is 2.53 bits per heavy atom. The fraction of sp³-hybridized carbons (Fsp3) is 0.625. The third kappa shape index (κ3) is 4.30. The summed E-state index contributed by atoms with van der Waals surface area (Å²) in [7, 11) is 2.27. The first kappa shape index (κ1) is 15.0. The molecule has 0 aliphatic heterocycles. The molecule has 0 amide bonds. The average molecular weight is 325 g/mol. The van der Waals surface area contributed by atoms with Gasteiger partial charge >= 0.3 is 0 Å². The molecule has 1 unspecified atom stereocenters. The van der Waals surface area contributed by atoms with Crippen LogP contribution in [0.4, 0.5) is 0 Å². The third-order valence-corrected chi connectivity index (χ3v) is 4.72. The van der Waals surface area contributed by atoms with Crippen molar-refractivity contribution in [1.82, 2.24) is 10.2 Å². The highest BCUT2D eigenvalue weighted by molar-refractivity contribution is 9.10. The molecule has 1 aliphatic rings. The zero-order valence-electron chi connectivity index (χ0n) is 12.0. The van der Waals surface area contributed by atoms with Gasteiger partial charge in [0.15, 0.2) is 0 Å². The van der Waals surface area contributed by atoms with Gasteiger partial charge in [0.05, 0.1) is 0 Å². The maximum absolute atomic E-state index is 3.61. The molecular weight excluding hydrogens is 300 g/mol. The summed E-state index contributed by atoms with van der Waals surface area (Å²) >= 11 is 3.50. The van der Waals surface area contributed by atoms with Crippen LogP contribution in [0.25, 0.3) is 0 Å². The van der Waals surface area contributed by atoms with Crippen LogP contribution >= 0.6 is 15.9 Å². The summed E-state index contributed by atoms with van der Waals surface area (Å²) in [5.74, 6) is 0. The summed E-state index contributed by atoms with van der Waals surface area (Å²) in [5.41, 5.74) is 1.40. The van der Waals surface area contributed by atoms with E-state index >= 15 is 0 Å². The van der Waals surface area contributed by atoms with Crippen LogP contribution in [0.2, 0.25) is 0 Å². The van der Waals surface area contributed by atoms with Gasteiger partial charge in [-0.15, -0.1) is 0 Å². The number of halogens is 1. The Morgan fingerprint density at radius 2 is 2.00 bits per heavy atom. The van der Waals surface area contributed by atoms with E-state index in [-0.39, 0.29) is 0 Å². The molecule has 1 saturated carbocycles. The Bertz CT molecular complexity index is 373. The number of hydrogen-bond acceptors (Lipinski definition) is 2. The van der Waals surface area contributed by atoms with E-state index in [1.165, 1.54) is 37.8 Å². The lowest BCUT2D eigenvalue weighted by Gasteiger charge is -2.35. The van der Waals surface area contributed by atoms with Crippen LogP contribution in [0.15, 0.2) is 28.7 Å². The highest BCUT2D eigenvalue weighted by Gasteiger charge is 2.22. The lowest BCUT2D eigenvalue weighted by atomic mass is 9.91. The molecule has 106 valence electrons. The van der Waals surface area contributed by atoms with Crippen LogP contribution in [0.5, 0.6) is 0 Å². The number of nitrogens with zero attached hydrogens (tertiary/aromatic N) is 1. The molecule has 0 aromatic heterocycles. The molecule has 1 atom stereocenters. The van der Waals surface area contributed by atoms with Crippen LogP contribution in [0.3, 0.4) is 0 Å². The molecule has 1 aromatic rings. The normalized spacial score (nSPS) is 17.5. The maximum atomic E-state index is 3.61. The summed E-state index contributed by atoms with van der Waals surface area (Å²) in [6, 6.07) is 10.0. The Hall–Kier alpha value is -0.380. The van der Waals surface area contributed by atoms with Gasteiger partial charge in [-0.05, 0) is 57.1 Å². The van der Waals surface area contributed by atoms with Gasteiger partial charge in [0.25, 0.3) is 0 Å². The van der Waals surface area contributed by atoms with Crippen LogP contribution < -0.4 is 5.32 Å². The van der Waals surface area contributed by atoms with E-state index in [0.717, 1.165) is 17.1 Å². The summed E-state index contributed by atoms with van der Waals surface area (Å²) in [6.45, 7) is 4.38. The van der Waals surface area contributed by atoms with Crippen molar-refractivity contribution in [3.63, 3.8) is 0 Å². The van der Waals surface area contributed by atoms with Crippen LogP contribution in [0, 0.1) is 0 Å². The smallest absolute Gasteiger partial charge is 0.0332 e. The molecule has 2 nitrogen and oxygen atoms in total. The zero-order valence-corrected chi connectivity index (χ0v) is 13.6. The van der Waals surface area contributed by atoms with E-state index in [4.69, 9.17) is 0 Å². The first-order chi connectivity index (χ1) is 9.20. The summed E-state index contributed by atoms with van der Waals surface area (Å²) < 4.78 is 1.15. The molecular formula is C16H25BrN2. The van der Waals surface area contributed by atoms with E-state index in [2.05, 4.69) is 64.4 Å². The second-order valence-electron chi connectivity index (χ2n) is 5.52. The fourth-order valence-corrected chi connectivity index (χ4v) is 2.94. The first-order valence-electron chi connectivity index (χ1n) is 7.39. The van der Waals surface area contributed by atoms with Crippen molar-refractivity contribution in [2.24, 2.45) is 0 Å². The minimum Gasteiger partial charge on any atom is -0.310 e. The minimum atomic E-state index is 0.473. The predicted octanol–water partition coefficient (Wildman–Crippen LogP) is 3.97. The van der Waals surface area contributed by atoms with Gasteiger partial charge in [-0.3, -0.25) is 0 Å². The molecule has 2 rings (SSSR count). The lowest BCUT2D eigenvalue weighted by Crippen LogP contribution is -2.38. The monoisotopic (exact) mass is 324 g/mol. The highest BCUT2D eigenvalue weighted by Crippen LogP contribution is 2.25. The van der Waals surface area contributed by atoms with Crippen molar-refractivity contribution in [3.05, 3.63) is 34.3 Å². The van der Waals surface area contributed by atoms with Crippen LogP contribution in [-0.2, 0) is 0 Å². The van der Waals surface area contributed by atoms with Crippen LogP contribution in [-0.4, -0.2) is 31.1 Å². The number of rotatable bonds is 7. The maximum Gasteiger partial charge on any atom is 0.0332 e. The van der Waals surface area contributed by atoms with E-state index in [1.807, 2.05) is 0 Å². The second-order valence-corrected chi connectivity index (χ2v) is 6.43. The molecule has 0 heterocycles. The summed E-state index contributed by atoms with van der Waals surface area (Å²) in [5, 5.41) is 3.61. The standard InChI is InChI=1S/C16H25BrN2/c1-3-18-16(13-7-9-14(17)10-8-13)11-12-19(2)15-5-4-6-15/h7-10,15-16,18H,3-6,11-12H2,1-2H3. The molecule has 1 aliphatic carbocycles. The van der Waals surface area contributed by atoms with Gasteiger partial charge < -0.3 is 10.2 Å². The molecule has 0 saturated heterocycles. The van der Waals surface area contributed by atoms with Gasteiger partial charge in [-0.2, -0.15) is 0 Å². The van der Waals surface area contributed by atoms with Crippen molar-refractivity contribution >= 4 is 15.9 Å².